The molecule has 1 fully saturated rings. The predicted octanol–water partition coefficient (Wildman–Crippen LogP) is 1.07. The number of imide groups is 1. The summed E-state index contributed by atoms with van der Waals surface area (Å²) in [5.41, 5.74) is 0. The maximum Gasteiger partial charge on any atom is 0.327 e. The molecule has 1 atom stereocenters. The third kappa shape index (κ3) is 2.30. The fraction of sp³-hybridized carbons (Fsp3) is 0.636. The van der Waals surface area contributed by atoms with Crippen LogP contribution in [-0.4, -0.2) is 40.9 Å². The SMILES string of the molecule is C#CC[C@H](C)N1C(=O)CN(CCC)C1=O. The van der Waals surface area contributed by atoms with Gasteiger partial charge in [0.05, 0.1) is 0 Å². The number of hydrogen-bond acceptors (Lipinski definition) is 2. The lowest BCUT2D eigenvalue weighted by molar-refractivity contribution is -0.126. The van der Waals surface area contributed by atoms with Crippen molar-refractivity contribution in [2.75, 3.05) is 13.1 Å². The summed E-state index contributed by atoms with van der Waals surface area (Å²) >= 11 is 0. The number of nitrogens with zero attached hydrogens (tertiary/aromatic N) is 2. The van der Waals surface area contributed by atoms with Gasteiger partial charge in [0, 0.05) is 19.0 Å². The second kappa shape index (κ2) is 4.83. The van der Waals surface area contributed by atoms with Crippen LogP contribution in [0.4, 0.5) is 4.79 Å². The largest absolute Gasteiger partial charge is 0.327 e. The summed E-state index contributed by atoms with van der Waals surface area (Å²) in [4.78, 5) is 26.2. The molecule has 0 saturated carbocycles. The van der Waals surface area contributed by atoms with E-state index in [0.29, 0.717) is 13.0 Å². The summed E-state index contributed by atoms with van der Waals surface area (Å²) in [5.74, 6) is 2.33. The molecule has 1 saturated heterocycles. The van der Waals surface area contributed by atoms with Crippen LogP contribution >= 0.6 is 0 Å². The van der Waals surface area contributed by atoms with Gasteiger partial charge in [-0.1, -0.05) is 6.92 Å². The van der Waals surface area contributed by atoms with Crippen molar-refractivity contribution in [3.63, 3.8) is 0 Å². The first-order valence-corrected chi connectivity index (χ1v) is 5.16. The normalized spacial score (nSPS) is 18.2. The van der Waals surface area contributed by atoms with E-state index in [4.69, 9.17) is 6.42 Å². The highest BCUT2D eigenvalue weighted by Gasteiger charge is 2.37. The summed E-state index contributed by atoms with van der Waals surface area (Å²) in [6, 6.07) is -0.401. The van der Waals surface area contributed by atoms with Crippen LogP contribution < -0.4 is 0 Å². The molecule has 3 amide bonds. The van der Waals surface area contributed by atoms with Crippen LogP contribution in [0.5, 0.6) is 0 Å². The van der Waals surface area contributed by atoms with Crippen molar-refractivity contribution < 1.29 is 9.59 Å². The van der Waals surface area contributed by atoms with E-state index in [9.17, 15) is 9.59 Å². The average Bonchev–Trinajstić information content (AvgIpc) is 2.43. The molecule has 0 bridgehead atoms. The number of urea groups is 1. The Balaban J connectivity index is 2.71. The first-order chi connectivity index (χ1) is 7.11. The quantitative estimate of drug-likeness (QED) is 0.512. The molecule has 0 spiro atoms. The molecule has 0 aromatic carbocycles. The van der Waals surface area contributed by atoms with E-state index >= 15 is 0 Å². The zero-order valence-electron chi connectivity index (χ0n) is 9.19. The average molecular weight is 208 g/mol. The molecule has 1 rings (SSSR count). The van der Waals surface area contributed by atoms with Gasteiger partial charge in [0.15, 0.2) is 0 Å². The molecule has 4 heteroatoms. The van der Waals surface area contributed by atoms with Crippen LogP contribution in [-0.2, 0) is 4.79 Å². The topological polar surface area (TPSA) is 40.6 Å². The van der Waals surface area contributed by atoms with Crippen LogP contribution in [0.15, 0.2) is 0 Å². The molecule has 1 heterocycles. The van der Waals surface area contributed by atoms with Crippen molar-refractivity contribution in [2.24, 2.45) is 0 Å². The van der Waals surface area contributed by atoms with Crippen molar-refractivity contribution in [3.8, 4) is 12.3 Å². The number of rotatable bonds is 4. The Morgan fingerprint density at radius 3 is 2.73 bits per heavy atom. The molecule has 1 aliphatic heterocycles. The predicted molar refractivity (Wildman–Crippen MR) is 57.0 cm³/mol. The van der Waals surface area contributed by atoms with E-state index in [1.165, 1.54) is 4.90 Å². The Hall–Kier alpha value is -1.50. The first kappa shape index (κ1) is 11.6. The van der Waals surface area contributed by atoms with Crippen molar-refractivity contribution in [1.29, 1.82) is 0 Å². The maximum absolute atomic E-state index is 11.8. The molecule has 15 heavy (non-hydrogen) atoms. The summed E-state index contributed by atoms with van der Waals surface area (Å²) in [6.07, 6.45) is 6.44. The number of amides is 3. The van der Waals surface area contributed by atoms with Gasteiger partial charge >= 0.3 is 6.03 Å². The highest BCUT2D eigenvalue weighted by molar-refractivity contribution is 6.02. The monoisotopic (exact) mass is 208 g/mol. The molecule has 0 radical (unpaired) electrons. The van der Waals surface area contributed by atoms with Gasteiger partial charge in [-0.05, 0) is 13.3 Å². The van der Waals surface area contributed by atoms with E-state index in [2.05, 4.69) is 5.92 Å². The van der Waals surface area contributed by atoms with Crippen LogP contribution in [0.2, 0.25) is 0 Å². The van der Waals surface area contributed by atoms with E-state index < -0.39 is 0 Å². The summed E-state index contributed by atoms with van der Waals surface area (Å²) in [5, 5.41) is 0. The third-order valence-corrected chi connectivity index (χ3v) is 2.42. The van der Waals surface area contributed by atoms with Crippen LogP contribution in [0.1, 0.15) is 26.7 Å². The smallest absolute Gasteiger partial charge is 0.315 e. The molecule has 1 aliphatic rings. The number of terminal acetylenes is 1. The van der Waals surface area contributed by atoms with E-state index in [1.807, 2.05) is 6.92 Å². The Morgan fingerprint density at radius 1 is 1.53 bits per heavy atom. The Kier molecular flexibility index (Phi) is 3.73. The van der Waals surface area contributed by atoms with Gasteiger partial charge in [-0.25, -0.2) is 4.79 Å². The van der Waals surface area contributed by atoms with Crippen LogP contribution in [0.3, 0.4) is 0 Å². The van der Waals surface area contributed by atoms with Gasteiger partial charge < -0.3 is 4.90 Å². The van der Waals surface area contributed by atoms with E-state index in [1.54, 1.807) is 11.8 Å². The van der Waals surface area contributed by atoms with Gasteiger partial charge in [-0.2, -0.15) is 0 Å². The molecule has 0 aromatic rings. The lowest BCUT2D eigenvalue weighted by atomic mass is 10.2. The summed E-state index contributed by atoms with van der Waals surface area (Å²) in [7, 11) is 0. The van der Waals surface area contributed by atoms with Crippen molar-refractivity contribution in [1.82, 2.24) is 9.80 Å². The van der Waals surface area contributed by atoms with Gasteiger partial charge in [-0.3, -0.25) is 9.69 Å². The highest BCUT2D eigenvalue weighted by Crippen LogP contribution is 2.15. The minimum atomic E-state index is -0.204. The van der Waals surface area contributed by atoms with Crippen LogP contribution in [0.25, 0.3) is 0 Å². The number of carbonyl (C=O) groups excluding carboxylic acids is 2. The zero-order valence-corrected chi connectivity index (χ0v) is 9.19. The molecule has 0 aromatic heterocycles. The third-order valence-electron chi connectivity index (χ3n) is 2.42. The zero-order chi connectivity index (χ0) is 11.4. The number of carbonyl (C=O) groups is 2. The standard InChI is InChI=1S/C11H16N2O2/c1-4-6-9(3)13-10(14)8-12(7-5-2)11(13)15/h1,9H,5-8H2,2-3H3/t9-/m0/s1. The fourth-order valence-electron chi connectivity index (χ4n) is 1.71. The van der Waals surface area contributed by atoms with Crippen LogP contribution in [0, 0.1) is 12.3 Å². The fourth-order valence-corrected chi connectivity index (χ4v) is 1.71. The Morgan fingerprint density at radius 2 is 2.20 bits per heavy atom. The van der Waals surface area contributed by atoms with Gasteiger partial charge in [0.2, 0.25) is 0 Å². The van der Waals surface area contributed by atoms with Crippen molar-refractivity contribution >= 4 is 11.9 Å². The Bertz CT molecular complexity index is 306. The summed E-state index contributed by atoms with van der Waals surface area (Å²) < 4.78 is 0. The van der Waals surface area contributed by atoms with Gasteiger partial charge in [0.25, 0.3) is 5.91 Å². The molecular weight excluding hydrogens is 192 g/mol. The second-order valence-electron chi connectivity index (χ2n) is 3.73. The number of hydrogen-bond donors (Lipinski definition) is 0. The molecular formula is C11H16N2O2. The summed E-state index contributed by atoms with van der Waals surface area (Å²) in [6.45, 7) is 4.60. The van der Waals surface area contributed by atoms with Crippen molar-refractivity contribution in [3.05, 3.63) is 0 Å². The minimum absolute atomic E-state index is 0.142. The molecule has 0 aliphatic carbocycles. The maximum atomic E-state index is 11.8. The first-order valence-electron chi connectivity index (χ1n) is 5.16. The van der Waals surface area contributed by atoms with E-state index in [0.717, 1.165) is 6.42 Å². The van der Waals surface area contributed by atoms with Crippen molar-refractivity contribution in [2.45, 2.75) is 32.7 Å². The van der Waals surface area contributed by atoms with E-state index in [-0.39, 0.29) is 24.5 Å². The lowest BCUT2D eigenvalue weighted by Crippen LogP contribution is -2.39. The van der Waals surface area contributed by atoms with Gasteiger partial charge in [0.1, 0.15) is 6.54 Å². The molecule has 0 N–H and O–H groups in total. The van der Waals surface area contributed by atoms with Gasteiger partial charge in [-0.15, -0.1) is 12.3 Å². The second-order valence-corrected chi connectivity index (χ2v) is 3.73. The molecule has 82 valence electrons. The highest BCUT2D eigenvalue weighted by atomic mass is 16.2. The molecule has 4 nitrogen and oxygen atoms in total. The minimum Gasteiger partial charge on any atom is -0.315 e. The lowest BCUT2D eigenvalue weighted by Gasteiger charge is -2.21. The molecule has 0 unspecified atom stereocenters. The Labute approximate surface area is 90.2 Å².